The molecule has 0 saturated carbocycles. The molecule has 0 N–H and O–H groups in total. The summed E-state index contributed by atoms with van der Waals surface area (Å²) in [6.45, 7) is 6.31. The van der Waals surface area contributed by atoms with Crippen molar-refractivity contribution in [2.24, 2.45) is 5.41 Å². The second kappa shape index (κ2) is 3.42. The molecule has 68 valence electrons. The first-order valence-corrected chi connectivity index (χ1v) is 4.80. The molecule has 0 bridgehead atoms. The minimum absolute atomic E-state index is 0.178. The van der Waals surface area contributed by atoms with Gasteiger partial charge in [0.25, 0.3) is 0 Å². The van der Waals surface area contributed by atoms with Crippen molar-refractivity contribution in [2.45, 2.75) is 46.5 Å². The fourth-order valence-electron chi connectivity index (χ4n) is 1.90. The van der Waals surface area contributed by atoms with Crippen molar-refractivity contribution in [3.8, 4) is 0 Å². The highest BCUT2D eigenvalue weighted by molar-refractivity contribution is 5.97. The Labute approximate surface area is 74.9 Å². The van der Waals surface area contributed by atoms with Crippen LogP contribution in [-0.2, 0) is 4.79 Å². The molecule has 1 atom stereocenters. The van der Waals surface area contributed by atoms with E-state index in [4.69, 9.17) is 0 Å². The third-order valence-corrected chi connectivity index (χ3v) is 2.67. The summed E-state index contributed by atoms with van der Waals surface area (Å²) in [5, 5.41) is 0. The van der Waals surface area contributed by atoms with Gasteiger partial charge in [0.2, 0.25) is 0 Å². The molecule has 0 saturated heterocycles. The number of allylic oxidation sites excluding steroid dienone is 2. The molecular weight excluding hydrogens is 148 g/mol. The number of unbranched alkanes of at least 4 members (excludes halogenated alkanes) is 1. The molecule has 12 heavy (non-hydrogen) atoms. The predicted octanol–water partition coefficient (Wildman–Crippen LogP) is 3.10. The van der Waals surface area contributed by atoms with E-state index in [1.807, 2.05) is 6.92 Å². The largest absolute Gasteiger partial charge is 0.295 e. The first kappa shape index (κ1) is 9.50. The highest BCUT2D eigenvalue weighted by atomic mass is 16.1. The molecule has 1 heteroatoms. The van der Waals surface area contributed by atoms with Gasteiger partial charge in [0.15, 0.2) is 5.78 Å². The Morgan fingerprint density at radius 2 is 2.25 bits per heavy atom. The van der Waals surface area contributed by atoms with E-state index in [-0.39, 0.29) is 5.41 Å². The number of hydrogen-bond acceptors (Lipinski definition) is 1. The molecular formula is C11H18O. The minimum atomic E-state index is 0.178. The Morgan fingerprint density at radius 1 is 1.58 bits per heavy atom. The van der Waals surface area contributed by atoms with Gasteiger partial charge in [0.1, 0.15) is 0 Å². The first-order chi connectivity index (χ1) is 5.57. The molecule has 0 aromatic heterocycles. The third kappa shape index (κ3) is 1.96. The SMILES string of the molecule is CCCC[C@@]1(C)C=C(C)C(=O)C1. The van der Waals surface area contributed by atoms with Gasteiger partial charge in [-0.1, -0.05) is 32.8 Å². The molecule has 1 aliphatic carbocycles. The van der Waals surface area contributed by atoms with Crippen LogP contribution in [0.25, 0.3) is 0 Å². The third-order valence-electron chi connectivity index (χ3n) is 2.67. The molecule has 0 aromatic carbocycles. The quantitative estimate of drug-likeness (QED) is 0.629. The van der Waals surface area contributed by atoms with Gasteiger partial charge < -0.3 is 0 Å². The maximum Gasteiger partial charge on any atom is 0.159 e. The van der Waals surface area contributed by atoms with Gasteiger partial charge in [0, 0.05) is 6.42 Å². The maximum absolute atomic E-state index is 11.3. The number of hydrogen-bond donors (Lipinski definition) is 0. The van der Waals surface area contributed by atoms with Gasteiger partial charge in [-0.15, -0.1) is 0 Å². The zero-order valence-electron chi connectivity index (χ0n) is 8.31. The van der Waals surface area contributed by atoms with Gasteiger partial charge in [-0.25, -0.2) is 0 Å². The van der Waals surface area contributed by atoms with Crippen LogP contribution in [0.5, 0.6) is 0 Å². The van der Waals surface area contributed by atoms with Gasteiger partial charge in [-0.2, -0.15) is 0 Å². The van der Waals surface area contributed by atoms with Crippen molar-refractivity contribution in [1.29, 1.82) is 0 Å². The summed E-state index contributed by atoms with van der Waals surface area (Å²) >= 11 is 0. The topological polar surface area (TPSA) is 17.1 Å². The van der Waals surface area contributed by atoms with E-state index in [2.05, 4.69) is 19.9 Å². The monoisotopic (exact) mass is 166 g/mol. The fourth-order valence-corrected chi connectivity index (χ4v) is 1.90. The molecule has 1 nitrogen and oxygen atoms in total. The van der Waals surface area contributed by atoms with Gasteiger partial charge in [0.05, 0.1) is 0 Å². The molecule has 1 rings (SSSR count). The van der Waals surface area contributed by atoms with Crippen LogP contribution in [0.3, 0.4) is 0 Å². The molecule has 0 aliphatic heterocycles. The van der Waals surface area contributed by atoms with E-state index < -0.39 is 0 Å². The van der Waals surface area contributed by atoms with Crippen LogP contribution < -0.4 is 0 Å². The summed E-state index contributed by atoms with van der Waals surface area (Å²) < 4.78 is 0. The van der Waals surface area contributed by atoms with Crippen LogP contribution >= 0.6 is 0 Å². The van der Waals surface area contributed by atoms with Crippen molar-refractivity contribution in [3.05, 3.63) is 11.6 Å². The van der Waals surface area contributed by atoms with Crippen LogP contribution in [-0.4, -0.2) is 5.78 Å². The van der Waals surface area contributed by atoms with Crippen LogP contribution in [0.4, 0.5) is 0 Å². The molecule has 0 radical (unpaired) electrons. The second-order valence-electron chi connectivity index (χ2n) is 4.18. The van der Waals surface area contributed by atoms with E-state index in [9.17, 15) is 4.79 Å². The average molecular weight is 166 g/mol. The van der Waals surface area contributed by atoms with Crippen molar-refractivity contribution in [3.63, 3.8) is 0 Å². The van der Waals surface area contributed by atoms with Crippen LogP contribution in [0.15, 0.2) is 11.6 Å². The van der Waals surface area contributed by atoms with Gasteiger partial charge in [-0.05, 0) is 24.3 Å². The molecule has 0 amide bonds. The average Bonchev–Trinajstić information content (AvgIpc) is 2.24. The smallest absolute Gasteiger partial charge is 0.159 e. The summed E-state index contributed by atoms with van der Waals surface area (Å²) in [5.41, 5.74) is 1.14. The lowest BCUT2D eigenvalue weighted by molar-refractivity contribution is -0.116. The summed E-state index contributed by atoms with van der Waals surface area (Å²) in [4.78, 5) is 11.3. The molecule has 0 aromatic rings. The Kier molecular flexibility index (Phi) is 2.71. The number of carbonyl (C=O) groups excluding carboxylic acids is 1. The Balaban J connectivity index is 2.58. The van der Waals surface area contributed by atoms with Gasteiger partial charge >= 0.3 is 0 Å². The van der Waals surface area contributed by atoms with Crippen molar-refractivity contribution < 1.29 is 4.79 Å². The van der Waals surface area contributed by atoms with E-state index in [1.54, 1.807) is 0 Å². The van der Waals surface area contributed by atoms with Crippen LogP contribution in [0.2, 0.25) is 0 Å². The highest BCUT2D eigenvalue weighted by Gasteiger charge is 2.31. The number of Topliss-reactive ketones (excluding diaryl/α,β-unsaturated/α-hetero) is 1. The number of rotatable bonds is 3. The Hall–Kier alpha value is -0.590. The summed E-state index contributed by atoms with van der Waals surface area (Å²) in [7, 11) is 0. The first-order valence-electron chi connectivity index (χ1n) is 4.80. The van der Waals surface area contributed by atoms with E-state index in [0.717, 1.165) is 18.4 Å². The molecule has 0 fully saturated rings. The number of carbonyl (C=O) groups is 1. The van der Waals surface area contributed by atoms with E-state index in [1.165, 1.54) is 12.8 Å². The van der Waals surface area contributed by atoms with Crippen LogP contribution in [0.1, 0.15) is 46.5 Å². The van der Waals surface area contributed by atoms with Gasteiger partial charge in [-0.3, -0.25) is 4.79 Å². The lowest BCUT2D eigenvalue weighted by atomic mass is 9.84. The summed E-state index contributed by atoms with van der Waals surface area (Å²) in [6, 6.07) is 0. The molecule has 1 aliphatic rings. The zero-order chi connectivity index (χ0) is 9.19. The molecule has 0 heterocycles. The Morgan fingerprint density at radius 3 is 2.67 bits per heavy atom. The number of ketones is 1. The van der Waals surface area contributed by atoms with Crippen molar-refractivity contribution in [1.82, 2.24) is 0 Å². The minimum Gasteiger partial charge on any atom is -0.295 e. The molecule has 0 spiro atoms. The lowest BCUT2D eigenvalue weighted by Gasteiger charge is -2.19. The summed E-state index contributed by atoms with van der Waals surface area (Å²) in [6.07, 6.45) is 6.50. The maximum atomic E-state index is 11.3. The van der Waals surface area contributed by atoms with Crippen LogP contribution in [0, 0.1) is 5.41 Å². The van der Waals surface area contributed by atoms with E-state index in [0.29, 0.717) is 5.78 Å². The standard InChI is InChI=1S/C11H18O/c1-4-5-6-11(3)7-9(2)10(12)8-11/h7H,4-6,8H2,1-3H3/t11-/m0/s1. The second-order valence-corrected chi connectivity index (χ2v) is 4.18. The predicted molar refractivity (Wildman–Crippen MR) is 51.0 cm³/mol. The Bertz CT molecular complexity index is 215. The molecule has 0 unspecified atom stereocenters. The fraction of sp³-hybridized carbons (Fsp3) is 0.727. The van der Waals surface area contributed by atoms with Crippen molar-refractivity contribution >= 4 is 5.78 Å². The normalized spacial score (nSPS) is 29.2. The van der Waals surface area contributed by atoms with E-state index >= 15 is 0 Å². The van der Waals surface area contributed by atoms with Crippen molar-refractivity contribution in [2.75, 3.05) is 0 Å². The lowest BCUT2D eigenvalue weighted by Crippen LogP contribution is -2.11. The summed E-state index contributed by atoms with van der Waals surface area (Å²) in [5.74, 6) is 0.341. The zero-order valence-corrected chi connectivity index (χ0v) is 8.31. The highest BCUT2D eigenvalue weighted by Crippen LogP contribution is 2.37.